The molecule has 0 spiro atoms. The minimum Gasteiger partial charge on any atom is -0.379 e. The second-order valence-electron chi connectivity index (χ2n) is 6.31. The molecule has 2 saturated heterocycles. The molecule has 2 aliphatic rings. The van der Waals surface area contributed by atoms with Gasteiger partial charge < -0.3 is 4.74 Å². The fourth-order valence-electron chi connectivity index (χ4n) is 3.15. The molecule has 0 aliphatic carbocycles. The predicted molar refractivity (Wildman–Crippen MR) is 93.2 cm³/mol. The molecule has 9 heteroatoms. The molecule has 0 atom stereocenters. The number of hydrogen-bond acceptors (Lipinski definition) is 5. The van der Waals surface area contributed by atoms with Crippen molar-refractivity contribution in [3.63, 3.8) is 0 Å². The van der Waals surface area contributed by atoms with Crippen LogP contribution in [0.3, 0.4) is 0 Å². The molecule has 1 aromatic carbocycles. The zero-order chi connectivity index (χ0) is 17.9. The van der Waals surface area contributed by atoms with Crippen LogP contribution in [-0.2, 0) is 24.8 Å². The van der Waals surface area contributed by atoms with Crippen molar-refractivity contribution in [2.45, 2.75) is 35.5 Å². The summed E-state index contributed by atoms with van der Waals surface area (Å²) in [4.78, 5) is 0.263. The Morgan fingerprint density at radius 2 is 1.04 bits per heavy atom. The van der Waals surface area contributed by atoms with Crippen LogP contribution in [0.15, 0.2) is 34.1 Å². The number of ether oxygens (including phenoxy) is 1. The summed E-state index contributed by atoms with van der Waals surface area (Å²) in [6.07, 6.45) is 3.82. The molecule has 0 saturated carbocycles. The van der Waals surface area contributed by atoms with Gasteiger partial charge in [-0.15, -0.1) is 0 Å². The molecule has 0 amide bonds. The molecule has 2 heterocycles. The van der Waals surface area contributed by atoms with Crippen LogP contribution in [0.2, 0.25) is 0 Å². The van der Waals surface area contributed by atoms with Crippen molar-refractivity contribution in [1.82, 2.24) is 8.61 Å². The minimum absolute atomic E-state index is 0.115. The van der Waals surface area contributed by atoms with E-state index in [4.69, 9.17) is 4.74 Å². The van der Waals surface area contributed by atoms with E-state index in [1.807, 2.05) is 0 Å². The fraction of sp³-hybridized carbons (Fsp3) is 0.625. The highest BCUT2D eigenvalue weighted by Crippen LogP contribution is 2.23. The maximum Gasteiger partial charge on any atom is 0.243 e. The van der Waals surface area contributed by atoms with Gasteiger partial charge in [0, 0.05) is 26.2 Å². The Morgan fingerprint density at radius 3 is 1.48 bits per heavy atom. The topological polar surface area (TPSA) is 84.0 Å². The summed E-state index contributed by atoms with van der Waals surface area (Å²) in [5.41, 5.74) is 0. The van der Waals surface area contributed by atoms with Gasteiger partial charge in [0.2, 0.25) is 20.0 Å². The lowest BCUT2D eigenvalue weighted by molar-refractivity contribution is 0.0730. The smallest absolute Gasteiger partial charge is 0.243 e. The maximum absolute atomic E-state index is 12.8. The van der Waals surface area contributed by atoms with E-state index in [1.54, 1.807) is 0 Å². The lowest BCUT2D eigenvalue weighted by Gasteiger charge is -2.26. The Balaban J connectivity index is 1.81. The summed E-state index contributed by atoms with van der Waals surface area (Å²) >= 11 is 0. The SMILES string of the molecule is O=S(=O)(c1ccc(S(=O)(=O)N2CCOCC2)cc1)N1CCCCCC1. The zero-order valence-corrected chi connectivity index (χ0v) is 15.8. The van der Waals surface area contributed by atoms with Gasteiger partial charge in [0.25, 0.3) is 0 Å². The molecule has 0 bridgehead atoms. The Hall–Kier alpha value is -1.00. The average molecular weight is 389 g/mol. The first-order chi connectivity index (χ1) is 11.9. The highest BCUT2D eigenvalue weighted by molar-refractivity contribution is 7.89. The van der Waals surface area contributed by atoms with E-state index < -0.39 is 20.0 Å². The van der Waals surface area contributed by atoms with Crippen molar-refractivity contribution >= 4 is 20.0 Å². The molecule has 0 aromatic heterocycles. The summed E-state index contributed by atoms with van der Waals surface area (Å²) < 4.78 is 58.8. The van der Waals surface area contributed by atoms with Gasteiger partial charge >= 0.3 is 0 Å². The molecule has 140 valence electrons. The quantitative estimate of drug-likeness (QED) is 0.776. The molecule has 0 N–H and O–H groups in total. The van der Waals surface area contributed by atoms with Gasteiger partial charge in [-0.05, 0) is 37.1 Å². The largest absolute Gasteiger partial charge is 0.379 e. The third-order valence-corrected chi connectivity index (χ3v) is 8.46. The second-order valence-corrected chi connectivity index (χ2v) is 10.2. The first-order valence-corrected chi connectivity index (χ1v) is 11.5. The molecular weight excluding hydrogens is 364 g/mol. The van der Waals surface area contributed by atoms with E-state index in [0.717, 1.165) is 25.7 Å². The third kappa shape index (κ3) is 4.06. The first kappa shape index (κ1) is 18.8. The lowest BCUT2D eigenvalue weighted by Crippen LogP contribution is -2.40. The van der Waals surface area contributed by atoms with Crippen LogP contribution < -0.4 is 0 Å². The third-order valence-electron chi connectivity index (χ3n) is 4.63. The van der Waals surface area contributed by atoms with E-state index in [0.29, 0.717) is 39.4 Å². The van der Waals surface area contributed by atoms with Crippen molar-refractivity contribution in [3.8, 4) is 0 Å². The van der Waals surface area contributed by atoms with E-state index in [9.17, 15) is 16.8 Å². The van der Waals surface area contributed by atoms with E-state index in [1.165, 1.54) is 32.9 Å². The van der Waals surface area contributed by atoms with Gasteiger partial charge in [-0.3, -0.25) is 0 Å². The van der Waals surface area contributed by atoms with Gasteiger partial charge in [0.1, 0.15) is 0 Å². The first-order valence-electron chi connectivity index (χ1n) is 8.60. The number of sulfonamides is 2. The molecular formula is C16H24N2O5S2. The van der Waals surface area contributed by atoms with Crippen LogP contribution in [-0.4, -0.2) is 64.8 Å². The maximum atomic E-state index is 12.8. The second kappa shape index (κ2) is 7.71. The van der Waals surface area contributed by atoms with Crippen molar-refractivity contribution in [2.24, 2.45) is 0 Å². The summed E-state index contributed by atoms with van der Waals surface area (Å²) in [5, 5.41) is 0. The number of hydrogen-bond donors (Lipinski definition) is 0. The summed E-state index contributed by atoms with van der Waals surface area (Å²) in [5.74, 6) is 0. The molecule has 7 nitrogen and oxygen atoms in total. The number of benzene rings is 1. The highest BCUT2D eigenvalue weighted by Gasteiger charge is 2.28. The number of morpholine rings is 1. The zero-order valence-electron chi connectivity index (χ0n) is 14.1. The van der Waals surface area contributed by atoms with Crippen LogP contribution in [0, 0.1) is 0 Å². The number of nitrogens with zero attached hydrogens (tertiary/aromatic N) is 2. The fourth-order valence-corrected chi connectivity index (χ4v) is 6.08. The van der Waals surface area contributed by atoms with Crippen molar-refractivity contribution in [2.75, 3.05) is 39.4 Å². The van der Waals surface area contributed by atoms with E-state index in [-0.39, 0.29) is 9.79 Å². The lowest BCUT2D eigenvalue weighted by atomic mass is 10.2. The molecule has 2 fully saturated rings. The van der Waals surface area contributed by atoms with Crippen molar-refractivity contribution < 1.29 is 21.6 Å². The van der Waals surface area contributed by atoms with Gasteiger partial charge in [-0.25, -0.2) is 16.8 Å². The average Bonchev–Trinajstić information content (AvgIpc) is 2.92. The Kier molecular flexibility index (Phi) is 5.79. The van der Waals surface area contributed by atoms with Crippen LogP contribution in [0.4, 0.5) is 0 Å². The van der Waals surface area contributed by atoms with Crippen molar-refractivity contribution in [3.05, 3.63) is 24.3 Å². The Labute approximate surface area is 149 Å². The Bertz CT molecular complexity index is 776. The molecule has 2 aliphatic heterocycles. The highest BCUT2D eigenvalue weighted by atomic mass is 32.2. The van der Waals surface area contributed by atoms with Crippen LogP contribution in [0.25, 0.3) is 0 Å². The van der Waals surface area contributed by atoms with Gasteiger partial charge in [-0.1, -0.05) is 12.8 Å². The molecule has 1 aromatic rings. The predicted octanol–water partition coefficient (Wildman–Crippen LogP) is 1.27. The van der Waals surface area contributed by atoms with Gasteiger partial charge in [0.05, 0.1) is 23.0 Å². The minimum atomic E-state index is -3.61. The standard InChI is InChI=1S/C16H24N2O5S2/c19-24(20,17-9-3-1-2-4-10-17)15-5-7-16(8-6-15)25(21,22)18-11-13-23-14-12-18/h5-8H,1-4,9-14H2. The monoisotopic (exact) mass is 388 g/mol. The van der Waals surface area contributed by atoms with Crippen LogP contribution >= 0.6 is 0 Å². The van der Waals surface area contributed by atoms with Crippen LogP contribution in [0.1, 0.15) is 25.7 Å². The van der Waals surface area contributed by atoms with Gasteiger partial charge in [-0.2, -0.15) is 8.61 Å². The normalized spacial score (nSPS) is 21.8. The number of rotatable bonds is 4. The molecule has 3 rings (SSSR count). The van der Waals surface area contributed by atoms with Gasteiger partial charge in [0.15, 0.2) is 0 Å². The van der Waals surface area contributed by atoms with E-state index in [2.05, 4.69) is 0 Å². The summed E-state index contributed by atoms with van der Waals surface area (Å²) in [7, 11) is -7.18. The summed E-state index contributed by atoms with van der Waals surface area (Å²) in [6.45, 7) is 2.43. The van der Waals surface area contributed by atoms with E-state index >= 15 is 0 Å². The molecule has 0 radical (unpaired) electrons. The van der Waals surface area contributed by atoms with Crippen LogP contribution in [0.5, 0.6) is 0 Å². The molecule has 0 unspecified atom stereocenters. The van der Waals surface area contributed by atoms with Crippen molar-refractivity contribution in [1.29, 1.82) is 0 Å². The summed E-state index contributed by atoms with van der Waals surface area (Å²) in [6, 6.07) is 5.56. The Morgan fingerprint density at radius 1 is 0.640 bits per heavy atom. The molecule has 25 heavy (non-hydrogen) atoms.